The smallest absolute Gasteiger partial charge is 0.257 e. The van der Waals surface area contributed by atoms with Crippen LogP contribution in [-0.2, 0) is 35.5 Å². The summed E-state index contributed by atoms with van der Waals surface area (Å²) in [6, 6.07) is 3.82. The first-order chi connectivity index (χ1) is 14.5. The van der Waals surface area contributed by atoms with Crippen molar-refractivity contribution in [3.05, 3.63) is 55.9 Å². The van der Waals surface area contributed by atoms with Gasteiger partial charge in [0.05, 0.1) is 30.1 Å². The van der Waals surface area contributed by atoms with Gasteiger partial charge in [-0.1, -0.05) is 0 Å². The van der Waals surface area contributed by atoms with E-state index in [2.05, 4.69) is 22.2 Å². The van der Waals surface area contributed by atoms with Crippen molar-refractivity contribution >= 4 is 31.7 Å². The van der Waals surface area contributed by atoms with Crippen LogP contribution in [0.1, 0.15) is 45.9 Å². The van der Waals surface area contributed by atoms with E-state index in [1.807, 2.05) is 0 Å². The second-order valence-electron chi connectivity index (χ2n) is 8.10. The van der Waals surface area contributed by atoms with Crippen molar-refractivity contribution in [1.29, 1.82) is 0 Å². The molecule has 7 heteroatoms. The highest BCUT2D eigenvalue weighted by atomic mass is 31.0. The number of pyridine rings is 2. The highest BCUT2D eigenvalue weighted by molar-refractivity contribution is 7.27. The molecule has 0 saturated heterocycles. The lowest BCUT2D eigenvalue weighted by atomic mass is 9.85. The molecule has 6 nitrogen and oxygen atoms in total. The molecule has 1 aliphatic carbocycles. The number of aliphatic hydroxyl groups is 1. The van der Waals surface area contributed by atoms with Gasteiger partial charge in [-0.05, 0) is 60.3 Å². The molecule has 2 atom stereocenters. The molecule has 0 amide bonds. The normalized spacial score (nSPS) is 15.2. The average molecular weight is 422 g/mol. The Morgan fingerprint density at radius 2 is 2.07 bits per heavy atom. The zero-order chi connectivity index (χ0) is 21.2. The van der Waals surface area contributed by atoms with Crippen molar-refractivity contribution in [2.45, 2.75) is 45.4 Å². The lowest BCUT2D eigenvalue weighted by molar-refractivity contribution is -0.115. The number of hydrogen-bond donors (Lipinski definition) is 1. The van der Waals surface area contributed by atoms with Gasteiger partial charge >= 0.3 is 0 Å². The highest BCUT2D eigenvalue weighted by Gasteiger charge is 2.31. The summed E-state index contributed by atoms with van der Waals surface area (Å²) in [5.41, 5.74) is 7.75. The van der Waals surface area contributed by atoms with E-state index in [0.717, 1.165) is 41.3 Å². The van der Waals surface area contributed by atoms with Gasteiger partial charge in [0.25, 0.3) is 5.56 Å². The lowest BCUT2D eigenvalue weighted by Gasteiger charge is -2.22. The molecular weight excluding hydrogens is 399 g/mol. The Labute approximate surface area is 176 Å². The van der Waals surface area contributed by atoms with Crippen LogP contribution < -0.4 is 10.9 Å². The van der Waals surface area contributed by atoms with Crippen LogP contribution in [0.2, 0.25) is 0 Å². The summed E-state index contributed by atoms with van der Waals surface area (Å²) in [6.45, 7) is 2.65. The minimum Gasteiger partial charge on any atom is -0.381 e. The fraction of sp³-hybridized carbons (Fsp3) is 0.348. The third kappa shape index (κ3) is 2.64. The van der Waals surface area contributed by atoms with Gasteiger partial charge in [0.15, 0.2) is 6.29 Å². The molecule has 30 heavy (non-hydrogen) atoms. The van der Waals surface area contributed by atoms with Crippen LogP contribution in [0.25, 0.3) is 22.3 Å². The number of aromatic nitrogens is 2. The first kappa shape index (κ1) is 19.6. The molecule has 2 unspecified atom stereocenters. The molecule has 1 aliphatic heterocycles. The van der Waals surface area contributed by atoms with Gasteiger partial charge in [-0.3, -0.25) is 4.79 Å². The summed E-state index contributed by atoms with van der Waals surface area (Å²) in [5.74, 6) is 0. The van der Waals surface area contributed by atoms with Gasteiger partial charge in [0, 0.05) is 29.2 Å². The van der Waals surface area contributed by atoms with Crippen LogP contribution in [0.5, 0.6) is 0 Å². The number of aryl methyl sites for hydroxylation is 2. The third-order valence-corrected chi connectivity index (χ3v) is 7.10. The first-order valence-electron chi connectivity index (χ1n) is 10.1. The van der Waals surface area contributed by atoms with Gasteiger partial charge in [-0.2, -0.15) is 0 Å². The van der Waals surface area contributed by atoms with Gasteiger partial charge in [0.2, 0.25) is 0 Å². The van der Waals surface area contributed by atoms with Gasteiger partial charge in [-0.15, -0.1) is 9.24 Å². The van der Waals surface area contributed by atoms with Crippen LogP contribution in [0.15, 0.2) is 16.9 Å². The summed E-state index contributed by atoms with van der Waals surface area (Å²) in [6.07, 6.45) is 2.14. The van der Waals surface area contributed by atoms with E-state index in [0.29, 0.717) is 29.7 Å². The molecule has 2 aromatic heterocycles. The molecule has 3 aromatic rings. The van der Waals surface area contributed by atoms with E-state index in [9.17, 15) is 14.7 Å². The Morgan fingerprint density at radius 3 is 2.80 bits per heavy atom. The molecule has 3 heterocycles. The zero-order valence-corrected chi connectivity index (χ0v) is 18.1. The Bertz CT molecular complexity index is 1300. The predicted octanol–water partition coefficient (Wildman–Crippen LogP) is 2.10. The maximum Gasteiger partial charge on any atom is 0.257 e. The summed E-state index contributed by atoms with van der Waals surface area (Å²) in [7, 11) is 4.30. The van der Waals surface area contributed by atoms with E-state index in [4.69, 9.17) is 9.72 Å². The molecule has 2 aliphatic rings. The van der Waals surface area contributed by atoms with Crippen LogP contribution in [-0.4, -0.2) is 28.1 Å². The van der Waals surface area contributed by atoms with E-state index < -0.39 is 6.10 Å². The number of methoxy groups -OCH3 is 1. The topological polar surface area (TPSA) is 81.4 Å². The van der Waals surface area contributed by atoms with E-state index in [1.54, 1.807) is 10.6 Å². The molecule has 0 saturated carbocycles. The summed E-state index contributed by atoms with van der Waals surface area (Å²) < 4.78 is 6.88. The van der Waals surface area contributed by atoms with E-state index >= 15 is 0 Å². The Morgan fingerprint density at radius 1 is 1.30 bits per heavy atom. The monoisotopic (exact) mass is 422 g/mol. The first-order valence-corrected chi connectivity index (χ1v) is 10.7. The number of fused-ring (bicyclic) bond motifs is 4. The van der Waals surface area contributed by atoms with Gasteiger partial charge < -0.3 is 19.2 Å². The number of ether oxygens (including phenoxy) is 1. The molecule has 0 radical (unpaired) electrons. The van der Waals surface area contributed by atoms with Crippen molar-refractivity contribution in [2.75, 3.05) is 7.11 Å². The maximum absolute atomic E-state index is 13.3. The van der Waals surface area contributed by atoms with E-state index in [-0.39, 0.29) is 12.2 Å². The molecule has 1 aromatic carbocycles. The Hall–Kier alpha value is -2.40. The fourth-order valence-corrected chi connectivity index (χ4v) is 5.34. The predicted molar refractivity (Wildman–Crippen MR) is 118 cm³/mol. The third-order valence-electron chi connectivity index (χ3n) is 6.50. The maximum atomic E-state index is 13.3. The second kappa shape index (κ2) is 7.09. The Kier molecular flexibility index (Phi) is 4.62. The quantitative estimate of drug-likeness (QED) is 0.402. The number of nitrogens with zero attached hydrogens (tertiary/aromatic N) is 2. The van der Waals surface area contributed by atoms with Gasteiger partial charge in [0.1, 0.15) is 6.10 Å². The molecule has 154 valence electrons. The van der Waals surface area contributed by atoms with E-state index in [1.165, 1.54) is 29.2 Å². The van der Waals surface area contributed by atoms with Crippen molar-refractivity contribution in [3.8, 4) is 11.4 Å². The summed E-state index contributed by atoms with van der Waals surface area (Å²) >= 11 is 0. The fourth-order valence-electron chi connectivity index (χ4n) is 5.01. The average Bonchev–Trinajstić information content (AvgIpc) is 3.12. The Balaban J connectivity index is 1.84. The molecule has 0 bridgehead atoms. The summed E-state index contributed by atoms with van der Waals surface area (Å²) in [4.78, 5) is 29.5. The number of hydrogen-bond acceptors (Lipinski definition) is 5. The minimum absolute atomic E-state index is 0.0394. The standard InChI is InChI=1S/C23H23N2O4P/c1-11-12-4-3-5-13-15-8-25-18(22(15)24-17(21(12)13)7-20(11)30)6-14(19(27)9-26)16(10-29-2)23(25)28/h6-7,9,19,27H,3-5,8,10,30H2,1-2H3. The minimum atomic E-state index is -1.37. The van der Waals surface area contributed by atoms with Crippen LogP contribution >= 0.6 is 9.24 Å². The number of aldehydes is 1. The number of carbonyl (C=O) groups excluding carboxylic acids is 1. The molecule has 0 spiro atoms. The highest BCUT2D eigenvalue weighted by Crippen LogP contribution is 2.40. The van der Waals surface area contributed by atoms with Crippen LogP contribution in [0.4, 0.5) is 0 Å². The molecular formula is C23H23N2O4P. The van der Waals surface area contributed by atoms with Crippen molar-refractivity contribution in [3.63, 3.8) is 0 Å². The van der Waals surface area contributed by atoms with Crippen molar-refractivity contribution < 1.29 is 14.6 Å². The number of rotatable bonds is 4. The number of aliphatic hydroxyl groups excluding tert-OH is 1. The molecule has 5 rings (SSSR count). The van der Waals surface area contributed by atoms with Gasteiger partial charge in [-0.25, -0.2) is 4.98 Å². The van der Waals surface area contributed by atoms with Crippen molar-refractivity contribution in [2.24, 2.45) is 0 Å². The lowest BCUT2D eigenvalue weighted by Crippen LogP contribution is -2.26. The molecule has 1 N–H and O–H groups in total. The second-order valence-corrected chi connectivity index (χ2v) is 8.73. The zero-order valence-electron chi connectivity index (χ0n) is 17.0. The SMILES string of the molecule is COCc1c(C(O)C=O)cc2n(c1=O)Cc1c-2nc2cc(P)c(C)c3c2c1CCC3. The summed E-state index contributed by atoms with van der Waals surface area (Å²) in [5, 5.41) is 12.6. The number of carbonyl (C=O) groups is 1. The number of benzene rings is 1. The van der Waals surface area contributed by atoms with Crippen LogP contribution in [0, 0.1) is 6.92 Å². The molecule has 0 fully saturated rings. The largest absolute Gasteiger partial charge is 0.381 e. The van der Waals surface area contributed by atoms with Crippen molar-refractivity contribution in [1.82, 2.24) is 9.55 Å². The van der Waals surface area contributed by atoms with Crippen LogP contribution in [0.3, 0.4) is 0 Å².